The summed E-state index contributed by atoms with van der Waals surface area (Å²) >= 11 is 0. The smallest absolute Gasteiger partial charge is 0.239 e. The van der Waals surface area contributed by atoms with Gasteiger partial charge in [-0.3, -0.25) is 9.69 Å². The summed E-state index contributed by atoms with van der Waals surface area (Å²) in [6.07, 6.45) is 3.41. The Balaban J connectivity index is 1.77. The van der Waals surface area contributed by atoms with E-state index < -0.39 is 0 Å². The molecular weight excluding hydrogens is 242 g/mol. The number of carbonyl (C=O) groups excluding carboxylic acids is 1. The van der Waals surface area contributed by atoms with Crippen molar-refractivity contribution >= 4 is 5.91 Å². The molecule has 1 aliphatic rings. The van der Waals surface area contributed by atoms with Crippen molar-refractivity contribution < 1.29 is 9.21 Å². The molecule has 2 N–H and O–H groups in total. The van der Waals surface area contributed by atoms with E-state index in [0.29, 0.717) is 0 Å². The van der Waals surface area contributed by atoms with E-state index in [1.165, 1.54) is 0 Å². The van der Waals surface area contributed by atoms with Gasteiger partial charge in [-0.2, -0.15) is 0 Å². The molecule has 1 aliphatic heterocycles. The number of hydrogen-bond acceptors (Lipinski definition) is 4. The molecule has 0 unspecified atom stereocenters. The number of furan rings is 1. The van der Waals surface area contributed by atoms with Gasteiger partial charge in [0, 0.05) is 26.2 Å². The fraction of sp³-hybridized carbons (Fsp3) is 0.643. The standard InChI is InChI=1S/C14H23N3O2/c1-2-4-13(15)14(18)17-8-6-16(7-9-17)11-12-5-3-10-19-12/h3,5,10,13H,2,4,6-9,11,15H2,1H3/t13-/m1/s1. The number of nitrogens with two attached hydrogens (primary N) is 1. The zero-order valence-corrected chi connectivity index (χ0v) is 11.5. The van der Waals surface area contributed by atoms with E-state index in [1.54, 1.807) is 6.26 Å². The van der Waals surface area contributed by atoms with Crippen LogP contribution in [0, 0.1) is 0 Å². The van der Waals surface area contributed by atoms with Gasteiger partial charge in [0.25, 0.3) is 0 Å². The number of hydrogen-bond donors (Lipinski definition) is 1. The third-order valence-electron chi connectivity index (χ3n) is 3.56. The molecule has 0 saturated carbocycles. The topological polar surface area (TPSA) is 62.7 Å². The van der Waals surface area contributed by atoms with Crippen LogP contribution < -0.4 is 5.73 Å². The Morgan fingerprint density at radius 1 is 1.42 bits per heavy atom. The first-order valence-electron chi connectivity index (χ1n) is 6.99. The second kappa shape index (κ2) is 6.73. The lowest BCUT2D eigenvalue weighted by Crippen LogP contribution is -2.52. The molecule has 1 fully saturated rings. The van der Waals surface area contributed by atoms with Crippen molar-refractivity contribution in [3.63, 3.8) is 0 Å². The first-order chi connectivity index (χ1) is 9.20. The second-order valence-electron chi connectivity index (χ2n) is 5.08. The Hall–Kier alpha value is -1.33. The van der Waals surface area contributed by atoms with E-state index in [1.807, 2.05) is 17.0 Å². The van der Waals surface area contributed by atoms with Gasteiger partial charge >= 0.3 is 0 Å². The summed E-state index contributed by atoms with van der Waals surface area (Å²) in [5, 5.41) is 0. The van der Waals surface area contributed by atoms with Gasteiger partial charge in [-0.25, -0.2) is 0 Å². The SMILES string of the molecule is CCC[C@@H](N)C(=O)N1CCN(Cc2ccco2)CC1. The molecule has 1 aromatic heterocycles. The van der Waals surface area contributed by atoms with Crippen LogP contribution in [0.1, 0.15) is 25.5 Å². The summed E-state index contributed by atoms with van der Waals surface area (Å²) < 4.78 is 5.34. The van der Waals surface area contributed by atoms with Gasteiger partial charge in [0.15, 0.2) is 0 Å². The normalized spacial score (nSPS) is 18.5. The quantitative estimate of drug-likeness (QED) is 0.864. The van der Waals surface area contributed by atoms with Crippen molar-refractivity contribution in [2.75, 3.05) is 26.2 Å². The average Bonchev–Trinajstić information content (AvgIpc) is 2.92. The Bertz CT molecular complexity index is 383. The van der Waals surface area contributed by atoms with Crippen LogP contribution in [-0.2, 0) is 11.3 Å². The second-order valence-corrected chi connectivity index (χ2v) is 5.08. The predicted octanol–water partition coefficient (Wildman–Crippen LogP) is 1.05. The van der Waals surface area contributed by atoms with Crippen LogP contribution in [0.25, 0.3) is 0 Å². The Kier molecular flexibility index (Phi) is 4.99. The fourth-order valence-electron chi connectivity index (χ4n) is 2.42. The highest BCUT2D eigenvalue weighted by molar-refractivity contribution is 5.81. The van der Waals surface area contributed by atoms with Crippen LogP contribution in [0.5, 0.6) is 0 Å². The van der Waals surface area contributed by atoms with Gasteiger partial charge in [0.2, 0.25) is 5.91 Å². The zero-order valence-electron chi connectivity index (χ0n) is 11.5. The third-order valence-corrected chi connectivity index (χ3v) is 3.56. The van der Waals surface area contributed by atoms with E-state index in [0.717, 1.165) is 51.3 Å². The van der Waals surface area contributed by atoms with Crippen molar-refractivity contribution in [1.82, 2.24) is 9.80 Å². The maximum Gasteiger partial charge on any atom is 0.239 e. The molecule has 0 radical (unpaired) electrons. The molecule has 0 bridgehead atoms. The third kappa shape index (κ3) is 3.81. The molecule has 1 saturated heterocycles. The van der Waals surface area contributed by atoms with E-state index in [9.17, 15) is 4.79 Å². The van der Waals surface area contributed by atoms with Crippen molar-refractivity contribution in [1.29, 1.82) is 0 Å². The highest BCUT2D eigenvalue weighted by atomic mass is 16.3. The van der Waals surface area contributed by atoms with Gasteiger partial charge in [-0.1, -0.05) is 13.3 Å². The van der Waals surface area contributed by atoms with Gasteiger partial charge < -0.3 is 15.1 Å². The average molecular weight is 265 g/mol. The summed E-state index contributed by atoms with van der Waals surface area (Å²) in [6, 6.07) is 3.55. The number of carbonyl (C=O) groups is 1. The maximum absolute atomic E-state index is 12.1. The van der Waals surface area contributed by atoms with Crippen molar-refractivity contribution in [2.24, 2.45) is 5.73 Å². The van der Waals surface area contributed by atoms with Crippen molar-refractivity contribution in [3.8, 4) is 0 Å². The van der Waals surface area contributed by atoms with Crippen molar-refractivity contribution in [2.45, 2.75) is 32.4 Å². The van der Waals surface area contributed by atoms with E-state index in [2.05, 4.69) is 11.8 Å². The minimum absolute atomic E-state index is 0.0968. The lowest BCUT2D eigenvalue weighted by Gasteiger charge is -2.35. The molecule has 0 spiro atoms. The molecule has 2 rings (SSSR count). The molecular formula is C14H23N3O2. The first-order valence-corrected chi connectivity index (χ1v) is 6.99. The van der Waals surface area contributed by atoms with E-state index >= 15 is 0 Å². The van der Waals surface area contributed by atoms with E-state index in [4.69, 9.17) is 10.2 Å². The predicted molar refractivity (Wildman–Crippen MR) is 73.4 cm³/mol. The molecule has 19 heavy (non-hydrogen) atoms. The van der Waals surface area contributed by atoms with Crippen molar-refractivity contribution in [3.05, 3.63) is 24.2 Å². The van der Waals surface area contributed by atoms with E-state index in [-0.39, 0.29) is 11.9 Å². The zero-order chi connectivity index (χ0) is 13.7. The van der Waals surface area contributed by atoms with Crippen LogP contribution in [-0.4, -0.2) is 47.9 Å². The Labute approximate surface area is 114 Å². The highest BCUT2D eigenvalue weighted by Crippen LogP contribution is 2.10. The molecule has 106 valence electrons. The molecule has 0 aromatic carbocycles. The molecule has 5 heteroatoms. The summed E-state index contributed by atoms with van der Waals surface area (Å²) in [5.74, 6) is 1.07. The maximum atomic E-state index is 12.1. The first kappa shape index (κ1) is 14.1. The summed E-state index contributed by atoms with van der Waals surface area (Å²) in [6.45, 7) is 6.15. The lowest BCUT2D eigenvalue weighted by atomic mass is 10.1. The molecule has 1 aromatic rings. The van der Waals surface area contributed by atoms with Crippen LogP contribution >= 0.6 is 0 Å². The van der Waals surface area contributed by atoms with Crippen LogP contribution in [0.3, 0.4) is 0 Å². The van der Waals surface area contributed by atoms with Crippen LogP contribution in [0.2, 0.25) is 0 Å². The molecule has 2 heterocycles. The molecule has 1 atom stereocenters. The largest absolute Gasteiger partial charge is 0.468 e. The summed E-state index contributed by atoms with van der Waals surface area (Å²) in [5.41, 5.74) is 5.88. The summed E-state index contributed by atoms with van der Waals surface area (Å²) in [4.78, 5) is 16.3. The van der Waals surface area contributed by atoms with Gasteiger partial charge in [-0.15, -0.1) is 0 Å². The van der Waals surface area contributed by atoms with Crippen LogP contribution in [0.4, 0.5) is 0 Å². The number of rotatable bonds is 5. The Morgan fingerprint density at radius 3 is 2.74 bits per heavy atom. The minimum atomic E-state index is -0.332. The molecule has 0 aliphatic carbocycles. The molecule has 1 amide bonds. The monoisotopic (exact) mass is 265 g/mol. The summed E-state index contributed by atoms with van der Waals surface area (Å²) in [7, 11) is 0. The molecule has 5 nitrogen and oxygen atoms in total. The minimum Gasteiger partial charge on any atom is -0.468 e. The number of amides is 1. The fourth-order valence-corrected chi connectivity index (χ4v) is 2.42. The number of nitrogens with zero attached hydrogens (tertiary/aromatic N) is 2. The Morgan fingerprint density at radius 2 is 2.16 bits per heavy atom. The lowest BCUT2D eigenvalue weighted by molar-refractivity contribution is -0.134. The highest BCUT2D eigenvalue weighted by Gasteiger charge is 2.24. The van der Waals surface area contributed by atoms with Gasteiger partial charge in [0.05, 0.1) is 18.8 Å². The number of piperazine rings is 1. The van der Waals surface area contributed by atoms with Gasteiger partial charge in [0.1, 0.15) is 5.76 Å². The van der Waals surface area contributed by atoms with Crippen LogP contribution in [0.15, 0.2) is 22.8 Å². The van der Waals surface area contributed by atoms with Gasteiger partial charge in [-0.05, 0) is 18.6 Å².